The molecule has 1 saturated heterocycles. The Kier molecular flexibility index (Phi) is 3.96. The van der Waals surface area contributed by atoms with Gasteiger partial charge < -0.3 is 10.2 Å². The van der Waals surface area contributed by atoms with Gasteiger partial charge in [-0.25, -0.2) is 0 Å². The molecule has 1 aromatic rings. The molecule has 2 rings (SSSR count). The average Bonchev–Trinajstić information content (AvgIpc) is 2.87. The van der Waals surface area contributed by atoms with Gasteiger partial charge in [0, 0.05) is 37.6 Å². The smallest absolute Gasteiger partial charge is 0.0489 e. The first-order valence-electron chi connectivity index (χ1n) is 6.16. The van der Waals surface area contributed by atoms with Crippen LogP contribution in [-0.4, -0.2) is 46.9 Å². The zero-order chi connectivity index (χ0) is 11.4. The molecular weight excluding hydrogens is 200 g/mol. The van der Waals surface area contributed by atoms with Gasteiger partial charge in [0.1, 0.15) is 0 Å². The van der Waals surface area contributed by atoms with Crippen molar-refractivity contribution in [2.45, 2.75) is 38.4 Å². The van der Waals surface area contributed by atoms with Crippen LogP contribution in [0.3, 0.4) is 0 Å². The van der Waals surface area contributed by atoms with Crippen LogP contribution < -0.4 is 5.32 Å². The number of aryl methyl sites for hydroxylation is 1. The largest absolute Gasteiger partial charge is 0.310 e. The van der Waals surface area contributed by atoms with Crippen LogP contribution >= 0.6 is 0 Å². The molecule has 0 saturated carbocycles. The van der Waals surface area contributed by atoms with Gasteiger partial charge in [-0.1, -0.05) is 0 Å². The lowest BCUT2D eigenvalue weighted by molar-refractivity contribution is 0.371. The second-order valence-electron chi connectivity index (χ2n) is 4.87. The van der Waals surface area contributed by atoms with Crippen LogP contribution in [0.4, 0.5) is 0 Å². The summed E-state index contributed by atoms with van der Waals surface area (Å²) in [5.41, 5.74) is 0. The van der Waals surface area contributed by atoms with Gasteiger partial charge in [-0.15, -0.1) is 0 Å². The summed E-state index contributed by atoms with van der Waals surface area (Å²) in [7, 11) is 2.19. The fourth-order valence-corrected chi connectivity index (χ4v) is 2.32. The van der Waals surface area contributed by atoms with Crippen LogP contribution in [0.25, 0.3) is 0 Å². The Hall–Kier alpha value is -0.870. The summed E-state index contributed by atoms with van der Waals surface area (Å²) in [6.07, 6.45) is 6.28. The van der Waals surface area contributed by atoms with Gasteiger partial charge in [-0.05, 0) is 39.4 Å². The van der Waals surface area contributed by atoms with E-state index in [1.54, 1.807) is 0 Å². The number of rotatable bonds is 5. The molecule has 16 heavy (non-hydrogen) atoms. The Morgan fingerprint density at radius 2 is 2.44 bits per heavy atom. The molecular formula is C12H22N4. The van der Waals surface area contributed by atoms with Crippen molar-refractivity contribution in [2.24, 2.45) is 0 Å². The third-order valence-electron chi connectivity index (χ3n) is 3.26. The van der Waals surface area contributed by atoms with Crippen LogP contribution in [0.15, 0.2) is 18.5 Å². The second kappa shape index (κ2) is 5.46. The molecule has 1 aliphatic rings. The van der Waals surface area contributed by atoms with Crippen LogP contribution in [-0.2, 0) is 6.54 Å². The summed E-state index contributed by atoms with van der Waals surface area (Å²) in [6.45, 7) is 5.68. The highest BCUT2D eigenvalue weighted by molar-refractivity contribution is 4.82. The molecule has 1 N–H and O–H groups in total. The summed E-state index contributed by atoms with van der Waals surface area (Å²) >= 11 is 0. The first-order chi connectivity index (χ1) is 7.74. The molecule has 1 aromatic heterocycles. The normalized spacial score (nSPS) is 23.8. The average molecular weight is 222 g/mol. The zero-order valence-electron chi connectivity index (χ0n) is 10.3. The SMILES string of the molecule is CC(CCn1cccn1)NC1CCN(C)C1. The lowest BCUT2D eigenvalue weighted by Crippen LogP contribution is -2.38. The molecule has 0 radical (unpaired) electrons. The van der Waals surface area contributed by atoms with Gasteiger partial charge in [0.25, 0.3) is 0 Å². The van der Waals surface area contributed by atoms with Gasteiger partial charge >= 0.3 is 0 Å². The highest BCUT2D eigenvalue weighted by Gasteiger charge is 2.20. The molecule has 1 fully saturated rings. The fourth-order valence-electron chi connectivity index (χ4n) is 2.32. The van der Waals surface area contributed by atoms with E-state index < -0.39 is 0 Å². The van der Waals surface area contributed by atoms with Crippen molar-refractivity contribution < 1.29 is 0 Å². The molecule has 0 bridgehead atoms. The summed E-state index contributed by atoms with van der Waals surface area (Å²) in [5, 5.41) is 7.90. The van der Waals surface area contributed by atoms with Crippen LogP contribution in [0, 0.1) is 0 Å². The van der Waals surface area contributed by atoms with Crippen molar-refractivity contribution >= 4 is 0 Å². The lowest BCUT2D eigenvalue weighted by Gasteiger charge is -2.19. The second-order valence-corrected chi connectivity index (χ2v) is 4.87. The van der Waals surface area contributed by atoms with Gasteiger partial charge in [0.15, 0.2) is 0 Å². The number of hydrogen-bond acceptors (Lipinski definition) is 3. The van der Waals surface area contributed by atoms with E-state index in [2.05, 4.69) is 29.3 Å². The molecule has 2 atom stereocenters. The Labute approximate surface area is 97.6 Å². The van der Waals surface area contributed by atoms with E-state index in [0.29, 0.717) is 12.1 Å². The van der Waals surface area contributed by atoms with Crippen molar-refractivity contribution in [1.29, 1.82) is 0 Å². The highest BCUT2D eigenvalue weighted by Crippen LogP contribution is 2.08. The molecule has 4 nitrogen and oxygen atoms in total. The van der Waals surface area contributed by atoms with Gasteiger partial charge in [0.05, 0.1) is 0 Å². The maximum atomic E-state index is 4.21. The van der Waals surface area contributed by atoms with Crippen molar-refractivity contribution in [2.75, 3.05) is 20.1 Å². The zero-order valence-corrected chi connectivity index (χ0v) is 10.3. The number of likely N-dealkylation sites (N-methyl/N-ethyl adjacent to an activating group) is 1. The number of likely N-dealkylation sites (tertiary alicyclic amines) is 1. The molecule has 0 aliphatic carbocycles. The van der Waals surface area contributed by atoms with Gasteiger partial charge in [0.2, 0.25) is 0 Å². The minimum Gasteiger partial charge on any atom is -0.310 e. The Bertz CT molecular complexity index is 296. The quantitative estimate of drug-likeness (QED) is 0.805. The number of hydrogen-bond donors (Lipinski definition) is 1. The number of nitrogens with one attached hydrogen (secondary N) is 1. The first-order valence-corrected chi connectivity index (χ1v) is 6.16. The van der Waals surface area contributed by atoms with E-state index in [1.807, 2.05) is 23.1 Å². The number of nitrogens with zero attached hydrogens (tertiary/aromatic N) is 3. The molecule has 4 heteroatoms. The molecule has 1 aliphatic heterocycles. The van der Waals surface area contributed by atoms with E-state index in [4.69, 9.17) is 0 Å². The van der Waals surface area contributed by atoms with E-state index >= 15 is 0 Å². The Morgan fingerprint density at radius 1 is 1.56 bits per heavy atom. The van der Waals surface area contributed by atoms with Gasteiger partial charge in [-0.2, -0.15) is 5.10 Å². The topological polar surface area (TPSA) is 33.1 Å². The lowest BCUT2D eigenvalue weighted by atomic mass is 10.2. The van der Waals surface area contributed by atoms with Crippen molar-refractivity contribution in [3.63, 3.8) is 0 Å². The van der Waals surface area contributed by atoms with Crippen molar-refractivity contribution in [3.8, 4) is 0 Å². The third kappa shape index (κ3) is 3.32. The predicted octanol–water partition coefficient (Wildman–Crippen LogP) is 0.955. The van der Waals surface area contributed by atoms with Gasteiger partial charge in [-0.3, -0.25) is 4.68 Å². The van der Waals surface area contributed by atoms with Crippen LogP contribution in [0.2, 0.25) is 0 Å². The van der Waals surface area contributed by atoms with Crippen LogP contribution in [0.5, 0.6) is 0 Å². The maximum Gasteiger partial charge on any atom is 0.0489 e. The Morgan fingerprint density at radius 3 is 3.06 bits per heavy atom. The van der Waals surface area contributed by atoms with E-state index in [9.17, 15) is 0 Å². The maximum absolute atomic E-state index is 4.21. The van der Waals surface area contributed by atoms with E-state index in [1.165, 1.54) is 19.5 Å². The van der Waals surface area contributed by atoms with E-state index in [-0.39, 0.29) is 0 Å². The standard InChI is InChI=1S/C12H22N4/c1-11(4-9-16-7-3-6-13-16)14-12-5-8-15(2)10-12/h3,6-7,11-12,14H,4-5,8-10H2,1-2H3. The number of aromatic nitrogens is 2. The molecule has 0 amide bonds. The fraction of sp³-hybridized carbons (Fsp3) is 0.750. The third-order valence-corrected chi connectivity index (χ3v) is 3.26. The molecule has 90 valence electrons. The molecule has 2 unspecified atom stereocenters. The monoisotopic (exact) mass is 222 g/mol. The Balaban J connectivity index is 1.66. The summed E-state index contributed by atoms with van der Waals surface area (Å²) in [5.74, 6) is 0. The summed E-state index contributed by atoms with van der Waals surface area (Å²) in [6, 6.07) is 3.22. The molecule has 2 heterocycles. The summed E-state index contributed by atoms with van der Waals surface area (Å²) in [4.78, 5) is 2.39. The minimum atomic E-state index is 0.570. The highest BCUT2D eigenvalue weighted by atomic mass is 15.3. The van der Waals surface area contributed by atoms with E-state index in [0.717, 1.165) is 13.0 Å². The molecule has 0 aromatic carbocycles. The molecule has 0 spiro atoms. The summed E-state index contributed by atoms with van der Waals surface area (Å²) < 4.78 is 2.00. The predicted molar refractivity (Wildman–Crippen MR) is 65.3 cm³/mol. The van der Waals surface area contributed by atoms with Crippen molar-refractivity contribution in [3.05, 3.63) is 18.5 Å². The van der Waals surface area contributed by atoms with Crippen molar-refractivity contribution in [1.82, 2.24) is 20.0 Å². The van der Waals surface area contributed by atoms with Crippen LogP contribution in [0.1, 0.15) is 19.8 Å². The minimum absolute atomic E-state index is 0.570. The first kappa shape index (κ1) is 11.6.